The molecule has 2 rings (SSSR count). The van der Waals surface area contributed by atoms with Crippen LogP contribution >= 0.6 is 0 Å². The Morgan fingerprint density at radius 3 is 3.17 bits per heavy atom. The number of tetrazole rings is 1. The number of nitrogens with zero attached hydrogens (tertiary/aromatic N) is 4. The zero-order valence-electron chi connectivity index (χ0n) is 5.97. The Balaban J connectivity index is 2.25. The lowest BCUT2D eigenvalue weighted by Crippen LogP contribution is -2.18. The summed E-state index contributed by atoms with van der Waals surface area (Å²) in [6.45, 7) is 0.245. The van der Waals surface area contributed by atoms with Crippen molar-refractivity contribution in [2.24, 2.45) is 0 Å². The standard InChI is InChI=1S/C5H5N5O2/c11-5-7-8-9-10(5)3-4-1-2-6-12-4/h1-2H,3H2,(H,7,9,11). The molecule has 12 heavy (non-hydrogen) atoms. The molecule has 2 heterocycles. The van der Waals surface area contributed by atoms with E-state index in [0.29, 0.717) is 5.76 Å². The molecule has 1 N–H and O–H groups in total. The van der Waals surface area contributed by atoms with Crippen LogP contribution in [0.25, 0.3) is 0 Å². The molecule has 0 unspecified atom stereocenters. The second kappa shape index (κ2) is 2.61. The van der Waals surface area contributed by atoms with Crippen LogP contribution in [-0.4, -0.2) is 25.4 Å². The smallest absolute Gasteiger partial charge is 0.359 e. The van der Waals surface area contributed by atoms with Gasteiger partial charge in [0.05, 0.1) is 6.20 Å². The number of aromatic amines is 1. The van der Waals surface area contributed by atoms with Crippen molar-refractivity contribution in [3.63, 3.8) is 0 Å². The molecule has 2 aromatic rings. The topological polar surface area (TPSA) is 89.6 Å². The van der Waals surface area contributed by atoms with E-state index < -0.39 is 0 Å². The van der Waals surface area contributed by atoms with Crippen molar-refractivity contribution in [2.75, 3.05) is 0 Å². The quantitative estimate of drug-likeness (QED) is 0.619. The van der Waals surface area contributed by atoms with Gasteiger partial charge in [-0.25, -0.2) is 9.89 Å². The van der Waals surface area contributed by atoms with E-state index >= 15 is 0 Å². The molecule has 7 heteroatoms. The fourth-order valence-electron chi connectivity index (χ4n) is 0.792. The Kier molecular flexibility index (Phi) is 1.47. The van der Waals surface area contributed by atoms with Crippen LogP contribution in [-0.2, 0) is 6.54 Å². The molecule has 0 saturated heterocycles. The number of hydrogen-bond acceptors (Lipinski definition) is 5. The zero-order valence-corrected chi connectivity index (χ0v) is 5.97. The molecule has 0 fully saturated rings. The highest BCUT2D eigenvalue weighted by atomic mass is 16.5. The van der Waals surface area contributed by atoms with Gasteiger partial charge in [-0.1, -0.05) is 5.16 Å². The van der Waals surface area contributed by atoms with E-state index in [1.54, 1.807) is 6.07 Å². The van der Waals surface area contributed by atoms with Gasteiger partial charge in [-0.2, -0.15) is 4.68 Å². The third-order valence-corrected chi connectivity index (χ3v) is 1.33. The summed E-state index contributed by atoms with van der Waals surface area (Å²) in [7, 11) is 0. The Bertz CT molecular complexity index is 399. The number of nitrogens with one attached hydrogen (secondary N) is 1. The van der Waals surface area contributed by atoms with Crippen molar-refractivity contribution >= 4 is 0 Å². The first-order valence-electron chi connectivity index (χ1n) is 3.24. The van der Waals surface area contributed by atoms with Gasteiger partial charge < -0.3 is 4.52 Å². The Labute approximate surface area is 66.0 Å². The predicted octanol–water partition coefficient (Wildman–Crippen LogP) is -0.997. The van der Waals surface area contributed by atoms with E-state index in [0.717, 1.165) is 4.68 Å². The summed E-state index contributed by atoms with van der Waals surface area (Å²) in [5.41, 5.74) is -0.369. The van der Waals surface area contributed by atoms with Crippen molar-refractivity contribution in [3.8, 4) is 0 Å². The molecule has 62 valence electrons. The van der Waals surface area contributed by atoms with Gasteiger partial charge in [0, 0.05) is 6.07 Å². The predicted molar refractivity (Wildman–Crippen MR) is 36.2 cm³/mol. The van der Waals surface area contributed by atoms with E-state index in [-0.39, 0.29) is 12.2 Å². The Hall–Kier alpha value is -1.92. The van der Waals surface area contributed by atoms with Gasteiger partial charge in [0.15, 0.2) is 5.76 Å². The van der Waals surface area contributed by atoms with Crippen LogP contribution in [0.2, 0.25) is 0 Å². The van der Waals surface area contributed by atoms with E-state index in [4.69, 9.17) is 4.52 Å². The average molecular weight is 167 g/mol. The second-order valence-electron chi connectivity index (χ2n) is 2.14. The maximum atomic E-state index is 10.9. The molecule has 0 radical (unpaired) electrons. The van der Waals surface area contributed by atoms with E-state index in [2.05, 4.69) is 20.7 Å². The zero-order chi connectivity index (χ0) is 8.39. The molecule has 0 bridgehead atoms. The molecule has 0 aliphatic heterocycles. The Morgan fingerprint density at radius 2 is 2.58 bits per heavy atom. The van der Waals surface area contributed by atoms with Gasteiger partial charge in [0.1, 0.15) is 6.54 Å². The number of hydrogen-bond donors (Lipinski definition) is 1. The number of rotatable bonds is 2. The van der Waals surface area contributed by atoms with Crippen molar-refractivity contribution in [2.45, 2.75) is 6.54 Å². The van der Waals surface area contributed by atoms with Crippen molar-refractivity contribution in [1.82, 2.24) is 25.4 Å². The fraction of sp³-hybridized carbons (Fsp3) is 0.200. The highest BCUT2D eigenvalue weighted by molar-refractivity contribution is 4.92. The molecule has 0 aromatic carbocycles. The average Bonchev–Trinajstić information content (AvgIpc) is 2.65. The maximum Gasteiger partial charge on any atom is 0.361 e. The number of aromatic nitrogens is 5. The van der Waals surface area contributed by atoms with Gasteiger partial charge in [-0.3, -0.25) is 0 Å². The monoisotopic (exact) mass is 167 g/mol. The van der Waals surface area contributed by atoms with Gasteiger partial charge in [-0.05, 0) is 10.4 Å². The first-order valence-corrected chi connectivity index (χ1v) is 3.24. The lowest BCUT2D eigenvalue weighted by molar-refractivity contribution is 0.368. The SMILES string of the molecule is O=c1[nH]nnn1Cc1ccno1. The van der Waals surface area contributed by atoms with Crippen LogP contribution < -0.4 is 5.69 Å². The molecule has 0 spiro atoms. The van der Waals surface area contributed by atoms with Crippen molar-refractivity contribution in [3.05, 3.63) is 28.5 Å². The lowest BCUT2D eigenvalue weighted by Gasteiger charge is -1.89. The largest absolute Gasteiger partial charge is 0.361 e. The van der Waals surface area contributed by atoms with Gasteiger partial charge in [0.25, 0.3) is 0 Å². The van der Waals surface area contributed by atoms with Crippen LogP contribution in [0, 0.1) is 0 Å². The third kappa shape index (κ3) is 1.11. The second-order valence-corrected chi connectivity index (χ2v) is 2.14. The number of H-pyrrole nitrogens is 1. The highest BCUT2D eigenvalue weighted by Gasteiger charge is 2.02. The minimum atomic E-state index is -0.369. The van der Waals surface area contributed by atoms with Gasteiger partial charge in [0.2, 0.25) is 0 Å². The maximum absolute atomic E-state index is 10.9. The summed E-state index contributed by atoms with van der Waals surface area (Å²) in [4.78, 5) is 10.9. The summed E-state index contributed by atoms with van der Waals surface area (Å²) < 4.78 is 5.91. The van der Waals surface area contributed by atoms with E-state index in [1.165, 1.54) is 6.20 Å². The highest BCUT2D eigenvalue weighted by Crippen LogP contribution is 1.95. The minimum absolute atomic E-state index is 0.245. The van der Waals surface area contributed by atoms with Crippen LogP contribution in [0.5, 0.6) is 0 Å². The fourth-order valence-corrected chi connectivity index (χ4v) is 0.792. The molecule has 7 nitrogen and oxygen atoms in total. The molecule has 0 aliphatic carbocycles. The third-order valence-electron chi connectivity index (χ3n) is 1.33. The van der Waals surface area contributed by atoms with Crippen LogP contribution in [0.1, 0.15) is 5.76 Å². The van der Waals surface area contributed by atoms with Crippen molar-refractivity contribution < 1.29 is 4.52 Å². The molecule has 2 aromatic heterocycles. The van der Waals surface area contributed by atoms with Crippen LogP contribution in [0.4, 0.5) is 0 Å². The summed E-state index contributed by atoms with van der Waals surface area (Å²) in [5.74, 6) is 0.561. The summed E-state index contributed by atoms with van der Waals surface area (Å²) in [6.07, 6.45) is 1.50. The van der Waals surface area contributed by atoms with E-state index in [9.17, 15) is 4.79 Å². The van der Waals surface area contributed by atoms with Gasteiger partial charge >= 0.3 is 5.69 Å². The first-order chi connectivity index (χ1) is 5.86. The Morgan fingerprint density at radius 1 is 1.67 bits per heavy atom. The molecule has 0 atom stereocenters. The molecule has 0 saturated carbocycles. The molecule has 0 amide bonds. The van der Waals surface area contributed by atoms with Crippen LogP contribution in [0.3, 0.4) is 0 Å². The van der Waals surface area contributed by atoms with E-state index in [1.807, 2.05) is 0 Å². The summed E-state index contributed by atoms with van der Waals surface area (Å²) in [6, 6.07) is 1.65. The lowest BCUT2D eigenvalue weighted by atomic mass is 10.5. The van der Waals surface area contributed by atoms with Crippen molar-refractivity contribution in [1.29, 1.82) is 0 Å². The summed E-state index contributed by atoms with van der Waals surface area (Å²) >= 11 is 0. The minimum Gasteiger partial charge on any atom is -0.359 e. The normalized spacial score (nSPS) is 10.3. The molecule has 0 aliphatic rings. The molecular weight excluding hydrogens is 162 g/mol. The molecular formula is C5H5N5O2. The first kappa shape index (κ1) is 6.77. The van der Waals surface area contributed by atoms with Gasteiger partial charge in [-0.15, -0.1) is 0 Å². The summed E-state index contributed by atoms with van der Waals surface area (Å²) in [5, 5.41) is 12.5. The van der Waals surface area contributed by atoms with Crippen LogP contribution in [0.15, 0.2) is 21.6 Å².